The molecule has 0 aliphatic heterocycles. The van der Waals surface area contributed by atoms with Crippen LogP contribution in [0.15, 0.2) is 30.6 Å². The highest BCUT2D eigenvalue weighted by Gasteiger charge is 2.06. The van der Waals surface area contributed by atoms with E-state index in [0.29, 0.717) is 16.3 Å². The van der Waals surface area contributed by atoms with Crippen LogP contribution in [0.25, 0.3) is 11.3 Å². The maximum atomic E-state index is 13.5. The van der Waals surface area contributed by atoms with E-state index in [-0.39, 0.29) is 5.82 Å². The summed E-state index contributed by atoms with van der Waals surface area (Å²) >= 11 is 5.65. The second kappa shape index (κ2) is 3.95. The van der Waals surface area contributed by atoms with Gasteiger partial charge in [-0.1, -0.05) is 11.6 Å². The number of nitrogens with zero attached hydrogens (tertiary/aromatic N) is 2. The molecule has 0 N–H and O–H groups in total. The van der Waals surface area contributed by atoms with Gasteiger partial charge in [-0.15, -0.1) is 0 Å². The predicted molar refractivity (Wildman–Crippen MR) is 57.2 cm³/mol. The van der Waals surface area contributed by atoms with Gasteiger partial charge < -0.3 is 0 Å². The van der Waals surface area contributed by atoms with Crippen LogP contribution in [0.4, 0.5) is 4.39 Å². The fourth-order valence-corrected chi connectivity index (χ4v) is 1.39. The zero-order valence-corrected chi connectivity index (χ0v) is 8.79. The van der Waals surface area contributed by atoms with Gasteiger partial charge in [-0.05, 0) is 25.1 Å². The number of hydrogen-bond acceptors (Lipinski definition) is 2. The van der Waals surface area contributed by atoms with Gasteiger partial charge in [-0.3, -0.25) is 9.97 Å². The summed E-state index contributed by atoms with van der Waals surface area (Å²) in [4.78, 5) is 8.15. The number of halogens is 2. The molecule has 0 saturated heterocycles. The normalized spacial score (nSPS) is 10.3. The van der Waals surface area contributed by atoms with E-state index in [2.05, 4.69) is 9.97 Å². The molecule has 0 spiro atoms. The molecule has 0 fully saturated rings. The molecule has 2 aromatic rings. The Morgan fingerprint density at radius 1 is 1.20 bits per heavy atom. The third-order valence-corrected chi connectivity index (χ3v) is 2.22. The second-order valence-corrected chi connectivity index (χ2v) is 3.60. The summed E-state index contributed by atoms with van der Waals surface area (Å²) in [5, 5.41) is 0.372. The van der Waals surface area contributed by atoms with Crippen molar-refractivity contribution >= 4 is 11.6 Å². The van der Waals surface area contributed by atoms with E-state index in [1.165, 1.54) is 6.07 Å². The van der Waals surface area contributed by atoms with E-state index < -0.39 is 0 Å². The van der Waals surface area contributed by atoms with E-state index >= 15 is 0 Å². The van der Waals surface area contributed by atoms with Crippen molar-refractivity contribution in [2.45, 2.75) is 6.92 Å². The van der Waals surface area contributed by atoms with Gasteiger partial charge in [-0.25, -0.2) is 4.39 Å². The summed E-state index contributed by atoms with van der Waals surface area (Å²) < 4.78 is 13.5. The molecule has 0 unspecified atom stereocenters. The van der Waals surface area contributed by atoms with Crippen LogP contribution in [0.3, 0.4) is 0 Å². The van der Waals surface area contributed by atoms with Crippen molar-refractivity contribution in [3.8, 4) is 11.3 Å². The first-order valence-electron chi connectivity index (χ1n) is 4.41. The van der Waals surface area contributed by atoms with Crippen LogP contribution in [-0.2, 0) is 0 Å². The summed E-state index contributed by atoms with van der Waals surface area (Å²) in [5.74, 6) is -0.388. The molecule has 4 heteroatoms. The van der Waals surface area contributed by atoms with Gasteiger partial charge in [0.2, 0.25) is 0 Å². The molecule has 2 nitrogen and oxygen atoms in total. The molecule has 0 aliphatic carbocycles. The summed E-state index contributed by atoms with van der Waals surface area (Å²) in [6.07, 6.45) is 3.14. The van der Waals surface area contributed by atoms with Crippen molar-refractivity contribution in [2.24, 2.45) is 0 Å². The van der Waals surface area contributed by atoms with Crippen molar-refractivity contribution in [1.29, 1.82) is 0 Å². The van der Waals surface area contributed by atoms with Gasteiger partial charge in [0.05, 0.1) is 17.6 Å². The molecule has 1 aromatic carbocycles. The summed E-state index contributed by atoms with van der Waals surface area (Å²) in [6, 6.07) is 4.48. The predicted octanol–water partition coefficient (Wildman–Crippen LogP) is 3.24. The molecule has 0 aliphatic rings. The SMILES string of the molecule is Cc1cnc(-c2ccc(Cl)cc2F)cn1. The van der Waals surface area contributed by atoms with Crippen LogP contribution in [0, 0.1) is 12.7 Å². The molecular formula is C11H8ClFN2. The average Bonchev–Trinajstić information content (AvgIpc) is 2.20. The zero-order valence-electron chi connectivity index (χ0n) is 8.04. The first-order valence-corrected chi connectivity index (χ1v) is 4.78. The molecule has 0 saturated carbocycles. The van der Waals surface area contributed by atoms with Crippen LogP contribution >= 0.6 is 11.6 Å². The third kappa shape index (κ3) is 2.13. The standard InChI is InChI=1S/C11H8ClFN2/c1-7-5-15-11(6-14-7)9-3-2-8(12)4-10(9)13/h2-6H,1H3. The fraction of sp³-hybridized carbons (Fsp3) is 0.0909. The molecular weight excluding hydrogens is 215 g/mol. The Kier molecular flexibility index (Phi) is 2.64. The Balaban J connectivity index is 2.49. The number of aromatic nitrogens is 2. The van der Waals surface area contributed by atoms with Gasteiger partial charge in [0.15, 0.2) is 0 Å². The van der Waals surface area contributed by atoms with Crippen molar-refractivity contribution in [2.75, 3.05) is 0 Å². The fourth-order valence-electron chi connectivity index (χ4n) is 1.23. The number of aryl methyl sites for hydroxylation is 1. The lowest BCUT2D eigenvalue weighted by atomic mass is 10.1. The Labute approximate surface area is 91.8 Å². The first-order chi connectivity index (χ1) is 7.16. The minimum Gasteiger partial charge on any atom is -0.258 e. The molecule has 1 aromatic heterocycles. The summed E-state index contributed by atoms with van der Waals surface area (Å²) in [6.45, 7) is 1.83. The monoisotopic (exact) mass is 222 g/mol. The number of rotatable bonds is 1. The number of hydrogen-bond donors (Lipinski definition) is 0. The Morgan fingerprint density at radius 2 is 2.00 bits per heavy atom. The molecule has 15 heavy (non-hydrogen) atoms. The topological polar surface area (TPSA) is 25.8 Å². The lowest BCUT2D eigenvalue weighted by Crippen LogP contribution is -1.90. The van der Waals surface area contributed by atoms with Gasteiger partial charge in [0, 0.05) is 16.8 Å². The van der Waals surface area contributed by atoms with Gasteiger partial charge in [0.1, 0.15) is 5.82 Å². The van der Waals surface area contributed by atoms with E-state index in [4.69, 9.17) is 11.6 Å². The van der Waals surface area contributed by atoms with Gasteiger partial charge in [0.25, 0.3) is 0 Å². The smallest absolute Gasteiger partial charge is 0.134 e. The Bertz CT molecular complexity index is 482. The van der Waals surface area contributed by atoms with Crippen molar-refractivity contribution in [1.82, 2.24) is 9.97 Å². The van der Waals surface area contributed by atoms with Crippen LogP contribution in [0.1, 0.15) is 5.69 Å². The van der Waals surface area contributed by atoms with Crippen molar-refractivity contribution < 1.29 is 4.39 Å². The van der Waals surface area contributed by atoms with Crippen LogP contribution in [0.5, 0.6) is 0 Å². The molecule has 76 valence electrons. The molecule has 1 heterocycles. The average molecular weight is 223 g/mol. The van der Waals surface area contributed by atoms with Gasteiger partial charge in [-0.2, -0.15) is 0 Å². The zero-order chi connectivity index (χ0) is 10.8. The lowest BCUT2D eigenvalue weighted by Gasteiger charge is -2.02. The highest BCUT2D eigenvalue weighted by molar-refractivity contribution is 6.30. The van der Waals surface area contributed by atoms with E-state index in [0.717, 1.165) is 5.69 Å². The Hall–Kier alpha value is -1.48. The van der Waals surface area contributed by atoms with Crippen molar-refractivity contribution in [3.63, 3.8) is 0 Å². The second-order valence-electron chi connectivity index (χ2n) is 3.17. The molecule has 2 rings (SSSR count). The third-order valence-electron chi connectivity index (χ3n) is 1.99. The summed E-state index contributed by atoms with van der Waals surface area (Å²) in [5.41, 5.74) is 1.72. The van der Waals surface area contributed by atoms with Crippen molar-refractivity contribution in [3.05, 3.63) is 47.1 Å². The van der Waals surface area contributed by atoms with Crippen LogP contribution in [-0.4, -0.2) is 9.97 Å². The minimum absolute atomic E-state index is 0.372. The quantitative estimate of drug-likeness (QED) is 0.740. The maximum Gasteiger partial charge on any atom is 0.134 e. The molecule has 0 radical (unpaired) electrons. The molecule has 0 amide bonds. The summed E-state index contributed by atoms with van der Waals surface area (Å²) in [7, 11) is 0. The maximum absolute atomic E-state index is 13.5. The first kappa shape index (κ1) is 10.1. The van der Waals surface area contributed by atoms with E-state index in [1.807, 2.05) is 6.92 Å². The van der Waals surface area contributed by atoms with Gasteiger partial charge >= 0.3 is 0 Å². The van der Waals surface area contributed by atoms with E-state index in [1.54, 1.807) is 24.5 Å². The lowest BCUT2D eigenvalue weighted by molar-refractivity contribution is 0.630. The highest BCUT2D eigenvalue weighted by atomic mass is 35.5. The highest BCUT2D eigenvalue weighted by Crippen LogP contribution is 2.22. The largest absolute Gasteiger partial charge is 0.258 e. The Morgan fingerprint density at radius 3 is 2.60 bits per heavy atom. The minimum atomic E-state index is -0.388. The van der Waals surface area contributed by atoms with Crippen LogP contribution in [0.2, 0.25) is 5.02 Å². The molecule has 0 bridgehead atoms. The van der Waals surface area contributed by atoms with E-state index in [9.17, 15) is 4.39 Å². The molecule has 0 atom stereocenters. The van der Waals surface area contributed by atoms with Crippen LogP contribution < -0.4 is 0 Å². The number of benzene rings is 1.